The summed E-state index contributed by atoms with van der Waals surface area (Å²) in [4.78, 5) is 20.3. The molecule has 1 heterocycles. The molecule has 0 saturated carbocycles. The number of aromatic nitrogens is 2. The minimum atomic E-state index is -4.75. The van der Waals surface area contributed by atoms with E-state index < -0.39 is 12.3 Å². The number of hydrogen-bond acceptors (Lipinski definition) is 6. The van der Waals surface area contributed by atoms with Crippen LogP contribution in [0, 0.1) is 0 Å². The predicted octanol–water partition coefficient (Wildman–Crippen LogP) is 5.26. The molecule has 9 heteroatoms. The molecule has 0 aliphatic carbocycles. The van der Waals surface area contributed by atoms with Crippen LogP contribution in [0.15, 0.2) is 61.2 Å². The Bertz CT molecular complexity index is 1050. The van der Waals surface area contributed by atoms with E-state index >= 15 is 0 Å². The number of halogens is 3. The fourth-order valence-electron chi connectivity index (χ4n) is 2.43. The number of alkyl halides is 3. The van der Waals surface area contributed by atoms with Gasteiger partial charge in [-0.1, -0.05) is 6.58 Å². The summed E-state index contributed by atoms with van der Waals surface area (Å²) in [6.45, 7) is 3.64. The maximum absolute atomic E-state index is 12.2. The van der Waals surface area contributed by atoms with Crippen molar-refractivity contribution in [3.05, 3.63) is 72.6 Å². The Morgan fingerprint density at radius 2 is 1.53 bits per heavy atom. The first-order chi connectivity index (χ1) is 14.3. The van der Waals surface area contributed by atoms with E-state index in [2.05, 4.69) is 21.3 Å². The zero-order valence-electron chi connectivity index (χ0n) is 15.6. The van der Waals surface area contributed by atoms with Gasteiger partial charge >= 0.3 is 12.3 Å². The van der Waals surface area contributed by atoms with E-state index in [4.69, 9.17) is 9.47 Å². The molecule has 0 fully saturated rings. The standard InChI is InChI=1S/C21H15F3N2O4/c1-3-14-12-18(20(27)28-2)26-19(25-14)13-4-6-15(7-5-13)29-16-8-10-17(11-9-16)30-21(22,23)24/h3-12H,1H2,2H3. The van der Waals surface area contributed by atoms with E-state index in [1.807, 2.05) is 0 Å². The molecule has 0 bridgehead atoms. The Kier molecular flexibility index (Phi) is 6.01. The van der Waals surface area contributed by atoms with Crippen LogP contribution in [0.5, 0.6) is 17.2 Å². The van der Waals surface area contributed by atoms with Crippen LogP contribution in [0.2, 0.25) is 0 Å². The van der Waals surface area contributed by atoms with Gasteiger partial charge in [-0.05, 0) is 60.7 Å². The summed E-state index contributed by atoms with van der Waals surface area (Å²) in [5.74, 6) is 0.130. The number of methoxy groups -OCH3 is 1. The second-order valence-electron chi connectivity index (χ2n) is 5.84. The molecule has 3 aromatic rings. The third-order valence-electron chi connectivity index (χ3n) is 3.76. The second-order valence-corrected chi connectivity index (χ2v) is 5.84. The van der Waals surface area contributed by atoms with Gasteiger partial charge < -0.3 is 14.2 Å². The fourth-order valence-corrected chi connectivity index (χ4v) is 2.43. The van der Waals surface area contributed by atoms with Gasteiger partial charge in [0.25, 0.3) is 0 Å². The predicted molar refractivity (Wildman–Crippen MR) is 102 cm³/mol. The molecular weight excluding hydrogens is 401 g/mol. The van der Waals surface area contributed by atoms with Gasteiger partial charge in [-0.3, -0.25) is 0 Å². The molecule has 0 spiro atoms. The third-order valence-corrected chi connectivity index (χ3v) is 3.76. The zero-order valence-corrected chi connectivity index (χ0v) is 15.6. The van der Waals surface area contributed by atoms with Crippen LogP contribution in [0.25, 0.3) is 17.5 Å². The molecular formula is C21H15F3N2O4. The number of carbonyl (C=O) groups excluding carboxylic acids is 1. The molecule has 3 rings (SSSR count). The summed E-state index contributed by atoms with van der Waals surface area (Å²) in [6, 6.07) is 13.1. The van der Waals surface area contributed by atoms with Crippen molar-refractivity contribution in [3.63, 3.8) is 0 Å². The van der Waals surface area contributed by atoms with Crippen molar-refractivity contribution in [3.8, 4) is 28.6 Å². The molecule has 30 heavy (non-hydrogen) atoms. The smallest absolute Gasteiger partial charge is 0.464 e. The molecule has 6 nitrogen and oxygen atoms in total. The molecule has 0 saturated heterocycles. The van der Waals surface area contributed by atoms with Gasteiger partial charge in [0.1, 0.15) is 17.2 Å². The van der Waals surface area contributed by atoms with E-state index in [0.717, 1.165) is 12.1 Å². The lowest BCUT2D eigenvalue weighted by Crippen LogP contribution is -2.16. The Labute approximate surface area is 169 Å². The zero-order chi connectivity index (χ0) is 21.7. The van der Waals surface area contributed by atoms with Crippen molar-refractivity contribution in [2.45, 2.75) is 6.36 Å². The fraction of sp³-hybridized carbons (Fsp3) is 0.0952. The molecule has 2 aromatic carbocycles. The average Bonchev–Trinajstić information content (AvgIpc) is 2.73. The van der Waals surface area contributed by atoms with Crippen LogP contribution in [0.1, 0.15) is 16.2 Å². The number of esters is 1. The van der Waals surface area contributed by atoms with E-state index in [-0.39, 0.29) is 11.4 Å². The summed E-state index contributed by atoms with van der Waals surface area (Å²) in [6.07, 6.45) is -3.27. The van der Waals surface area contributed by atoms with Crippen LogP contribution >= 0.6 is 0 Å². The van der Waals surface area contributed by atoms with Crippen LogP contribution < -0.4 is 9.47 Å². The average molecular weight is 416 g/mol. The maximum Gasteiger partial charge on any atom is 0.573 e. The molecule has 154 valence electrons. The Hall–Kier alpha value is -3.88. The quantitative estimate of drug-likeness (QED) is 0.510. The van der Waals surface area contributed by atoms with Crippen molar-refractivity contribution in [1.29, 1.82) is 0 Å². The van der Waals surface area contributed by atoms with Crippen LogP contribution in [-0.4, -0.2) is 29.4 Å². The second kappa shape index (κ2) is 8.64. The highest BCUT2D eigenvalue weighted by Gasteiger charge is 2.31. The number of carbonyl (C=O) groups is 1. The monoisotopic (exact) mass is 416 g/mol. The first kappa shape index (κ1) is 20.8. The first-order valence-electron chi connectivity index (χ1n) is 8.51. The van der Waals surface area contributed by atoms with Crippen molar-refractivity contribution in [2.75, 3.05) is 7.11 Å². The van der Waals surface area contributed by atoms with Crippen LogP contribution in [0.3, 0.4) is 0 Å². The SMILES string of the molecule is C=Cc1cc(C(=O)OC)nc(-c2ccc(Oc3ccc(OC(F)(F)F)cc3)cc2)n1. The lowest BCUT2D eigenvalue weighted by Gasteiger charge is -2.10. The summed E-state index contributed by atoms with van der Waals surface area (Å²) in [5, 5.41) is 0. The van der Waals surface area contributed by atoms with Crippen molar-refractivity contribution in [2.24, 2.45) is 0 Å². The number of benzene rings is 2. The normalized spacial score (nSPS) is 10.9. The van der Waals surface area contributed by atoms with Gasteiger partial charge in [0.2, 0.25) is 0 Å². The summed E-state index contributed by atoms with van der Waals surface area (Å²) in [5.41, 5.74) is 1.17. The minimum Gasteiger partial charge on any atom is -0.464 e. The number of ether oxygens (including phenoxy) is 3. The van der Waals surface area contributed by atoms with Gasteiger partial charge in [0, 0.05) is 5.56 Å². The first-order valence-corrected chi connectivity index (χ1v) is 8.51. The van der Waals surface area contributed by atoms with E-state index in [0.29, 0.717) is 28.6 Å². The number of hydrogen-bond donors (Lipinski definition) is 0. The van der Waals surface area contributed by atoms with Gasteiger partial charge in [-0.2, -0.15) is 0 Å². The van der Waals surface area contributed by atoms with E-state index in [1.165, 1.54) is 31.4 Å². The molecule has 1 aromatic heterocycles. The van der Waals surface area contributed by atoms with Crippen molar-refractivity contribution >= 4 is 12.0 Å². The Balaban J connectivity index is 1.77. The van der Waals surface area contributed by atoms with Gasteiger partial charge in [-0.15, -0.1) is 13.2 Å². The Morgan fingerprint density at radius 1 is 0.967 bits per heavy atom. The summed E-state index contributed by atoms with van der Waals surface area (Å²) >= 11 is 0. The van der Waals surface area contributed by atoms with Gasteiger partial charge in [0.05, 0.1) is 12.8 Å². The lowest BCUT2D eigenvalue weighted by molar-refractivity contribution is -0.274. The molecule has 0 unspecified atom stereocenters. The van der Waals surface area contributed by atoms with E-state index in [9.17, 15) is 18.0 Å². The van der Waals surface area contributed by atoms with Crippen molar-refractivity contribution in [1.82, 2.24) is 9.97 Å². The molecule has 0 amide bonds. The molecule has 0 N–H and O–H groups in total. The minimum absolute atomic E-state index is 0.0962. The van der Waals surface area contributed by atoms with E-state index in [1.54, 1.807) is 24.3 Å². The summed E-state index contributed by atoms with van der Waals surface area (Å²) < 4.78 is 50.7. The maximum atomic E-state index is 12.2. The molecule has 0 aliphatic rings. The topological polar surface area (TPSA) is 70.5 Å². The van der Waals surface area contributed by atoms with Gasteiger partial charge in [0.15, 0.2) is 11.5 Å². The highest BCUT2D eigenvalue weighted by Crippen LogP contribution is 2.28. The number of nitrogens with zero attached hydrogens (tertiary/aromatic N) is 2. The Morgan fingerprint density at radius 3 is 2.07 bits per heavy atom. The largest absolute Gasteiger partial charge is 0.573 e. The van der Waals surface area contributed by atoms with Gasteiger partial charge in [-0.25, -0.2) is 14.8 Å². The molecule has 0 aliphatic heterocycles. The molecule has 0 radical (unpaired) electrons. The third kappa shape index (κ3) is 5.34. The van der Waals surface area contributed by atoms with Crippen LogP contribution in [0.4, 0.5) is 13.2 Å². The highest BCUT2D eigenvalue weighted by atomic mass is 19.4. The molecule has 0 atom stereocenters. The summed E-state index contributed by atoms with van der Waals surface area (Å²) in [7, 11) is 1.26. The number of rotatable bonds is 6. The van der Waals surface area contributed by atoms with Crippen molar-refractivity contribution < 1.29 is 32.2 Å². The van der Waals surface area contributed by atoms with Crippen LogP contribution in [-0.2, 0) is 4.74 Å². The highest BCUT2D eigenvalue weighted by molar-refractivity contribution is 5.88. The lowest BCUT2D eigenvalue weighted by atomic mass is 10.2.